The fraction of sp³-hybridized carbons (Fsp3) is 0.0392. The summed E-state index contributed by atoms with van der Waals surface area (Å²) < 4.78 is 6.62. The highest BCUT2D eigenvalue weighted by atomic mass is 16.3. The van der Waals surface area contributed by atoms with E-state index in [1.807, 2.05) is 12.1 Å². The lowest BCUT2D eigenvalue weighted by Crippen LogP contribution is -2.45. The van der Waals surface area contributed by atoms with Gasteiger partial charge in [0, 0.05) is 16.3 Å². The number of hydrogen-bond donors (Lipinski definition) is 2. The summed E-state index contributed by atoms with van der Waals surface area (Å²) in [7, 11) is 0. The number of fused-ring (bicyclic) bond motifs is 6. The largest absolute Gasteiger partial charge is 0.456 e. The second-order valence-electron chi connectivity index (χ2n) is 14.4. The first-order valence-electron chi connectivity index (χ1n) is 18.9. The van der Waals surface area contributed by atoms with Crippen LogP contribution in [0.1, 0.15) is 29.0 Å². The van der Waals surface area contributed by atoms with E-state index in [9.17, 15) is 0 Å². The van der Waals surface area contributed by atoms with Gasteiger partial charge in [-0.2, -0.15) is 0 Å². The standard InChI is InChI=1S/C51H35N3O/c1-2-15-34(16-3-1)49-52-50(36-26-25-32-13-4-5-17-35(32)29-36)54-51(53-49)43-28-27-42(40-20-8-9-21-41(40)43)45-30-37(39-23-12-18-33-14-6-7-19-38(33)39)31-47-48(45)44-22-10-11-24-46(44)55-47/h1-31,50-51,54H,(H,52,53). The average molecular weight is 706 g/mol. The first kappa shape index (κ1) is 31.5. The van der Waals surface area contributed by atoms with E-state index >= 15 is 0 Å². The smallest absolute Gasteiger partial charge is 0.136 e. The van der Waals surface area contributed by atoms with Gasteiger partial charge in [-0.1, -0.05) is 164 Å². The predicted molar refractivity (Wildman–Crippen MR) is 228 cm³/mol. The average Bonchev–Trinajstić information content (AvgIpc) is 3.64. The van der Waals surface area contributed by atoms with Gasteiger partial charge in [0.1, 0.15) is 29.3 Å². The third-order valence-electron chi connectivity index (χ3n) is 11.1. The molecule has 10 aromatic rings. The van der Waals surface area contributed by atoms with Crippen molar-refractivity contribution in [2.24, 2.45) is 4.99 Å². The summed E-state index contributed by atoms with van der Waals surface area (Å²) in [4.78, 5) is 5.36. The van der Waals surface area contributed by atoms with Crippen molar-refractivity contribution >= 4 is 60.1 Å². The predicted octanol–water partition coefficient (Wildman–Crippen LogP) is 12.7. The van der Waals surface area contributed by atoms with Crippen LogP contribution < -0.4 is 10.6 Å². The lowest BCUT2D eigenvalue weighted by molar-refractivity contribution is 0.411. The minimum absolute atomic E-state index is 0.157. The van der Waals surface area contributed by atoms with Crippen molar-refractivity contribution in [1.29, 1.82) is 0 Å². The first-order valence-corrected chi connectivity index (χ1v) is 18.9. The van der Waals surface area contributed by atoms with Crippen molar-refractivity contribution in [3.63, 3.8) is 0 Å². The molecule has 11 rings (SSSR count). The lowest BCUT2D eigenvalue weighted by Gasteiger charge is -2.33. The van der Waals surface area contributed by atoms with Crippen LogP contribution in [0.25, 0.3) is 76.5 Å². The molecule has 260 valence electrons. The second kappa shape index (κ2) is 12.8. The minimum atomic E-state index is -0.302. The van der Waals surface area contributed by atoms with Crippen molar-refractivity contribution in [2.75, 3.05) is 0 Å². The van der Waals surface area contributed by atoms with E-state index in [4.69, 9.17) is 9.41 Å². The fourth-order valence-corrected chi connectivity index (χ4v) is 8.52. The maximum atomic E-state index is 6.62. The number of aliphatic imine (C=N–C) groups is 1. The van der Waals surface area contributed by atoms with E-state index in [1.165, 1.54) is 32.5 Å². The zero-order chi connectivity index (χ0) is 36.3. The van der Waals surface area contributed by atoms with E-state index in [0.29, 0.717) is 0 Å². The molecular formula is C51H35N3O. The normalized spacial score (nSPS) is 15.8. The third-order valence-corrected chi connectivity index (χ3v) is 11.1. The number of hydrogen-bond acceptors (Lipinski definition) is 4. The van der Waals surface area contributed by atoms with Gasteiger partial charge in [-0.05, 0) is 90.0 Å². The van der Waals surface area contributed by atoms with E-state index in [0.717, 1.165) is 66.5 Å². The Bertz CT molecular complexity index is 3120. The number of amidine groups is 1. The molecule has 55 heavy (non-hydrogen) atoms. The molecule has 0 radical (unpaired) electrons. The zero-order valence-corrected chi connectivity index (χ0v) is 29.9. The fourth-order valence-electron chi connectivity index (χ4n) is 8.52. The summed E-state index contributed by atoms with van der Waals surface area (Å²) in [5.74, 6) is 0.866. The summed E-state index contributed by atoms with van der Waals surface area (Å²) >= 11 is 0. The highest BCUT2D eigenvalue weighted by molar-refractivity contribution is 6.17. The van der Waals surface area contributed by atoms with Crippen LogP contribution in [0.2, 0.25) is 0 Å². The van der Waals surface area contributed by atoms with Crippen LogP contribution >= 0.6 is 0 Å². The van der Waals surface area contributed by atoms with Gasteiger partial charge in [0.25, 0.3) is 0 Å². The van der Waals surface area contributed by atoms with Gasteiger partial charge >= 0.3 is 0 Å². The SMILES string of the molecule is c1ccc(C2=NC(c3ccc(-c4cc(-c5cccc6ccccc56)cc5oc6ccccc6c45)c4ccccc34)NC(c3ccc4ccccc4c3)N2)cc1. The summed E-state index contributed by atoms with van der Waals surface area (Å²) in [6.07, 6.45) is -0.460. The van der Waals surface area contributed by atoms with Crippen LogP contribution in [0.15, 0.2) is 197 Å². The Morgan fingerprint density at radius 1 is 0.436 bits per heavy atom. The zero-order valence-electron chi connectivity index (χ0n) is 29.9. The van der Waals surface area contributed by atoms with Gasteiger partial charge in [-0.15, -0.1) is 0 Å². The molecule has 2 heterocycles. The molecule has 0 fully saturated rings. The van der Waals surface area contributed by atoms with Crippen molar-refractivity contribution in [1.82, 2.24) is 10.6 Å². The molecule has 2 atom stereocenters. The van der Waals surface area contributed by atoms with Crippen molar-refractivity contribution in [3.8, 4) is 22.3 Å². The van der Waals surface area contributed by atoms with Crippen molar-refractivity contribution in [3.05, 3.63) is 205 Å². The molecule has 2 N–H and O–H groups in total. The van der Waals surface area contributed by atoms with E-state index in [1.54, 1.807) is 0 Å². The van der Waals surface area contributed by atoms with Gasteiger partial charge < -0.3 is 9.73 Å². The van der Waals surface area contributed by atoms with Crippen LogP contribution in [-0.2, 0) is 0 Å². The van der Waals surface area contributed by atoms with Gasteiger partial charge in [0.15, 0.2) is 0 Å². The molecule has 0 spiro atoms. The van der Waals surface area contributed by atoms with Crippen LogP contribution in [0.3, 0.4) is 0 Å². The van der Waals surface area contributed by atoms with Gasteiger partial charge in [0.2, 0.25) is 0 Å². The van der Waals surface area contributed by atoms with Crippen LogP contribution in [0.4, 0.5) is 0 Å². The van der Waals surface area contributed by atoms with Gasteiger partial charge in [-0.25, -0.2) is 4.99 Å². The van der Waals surface area contributed by atoms with Crippen molar-refractivity contribution < 1.29 is 4.42 Å². The van der Waals surface area contributed by atoms with E-state index in [-0.39, 0.29) is 12.3 Å². The van der Waals surface area contributed by atoms with Gasteiger partial charge in [0.05, 0.1) is 0 Å². The summed E-state index contributed by atoms with van der Waals surface area (Å²) in [5, 5.41) is 17.0. The summed E-state index contributed by atoms with van der Waals surface area (Å²) in [5.41, 5.74) is 9.72. The van der Waals surface area contributed by atoms with E-state index in [2.05, 4.69) is 187 Å². The van der Waals surface area contributed by atoms with Crippen molar-refractivity contribution in [2.45, 2.75) is 12.3 Å². The Hall–Kier alpha value is -7.01. The highest BCUT2D eigenvalue weighted by Crippen LogP contribution is 2.44. The molecule has 4 nitrogen and oxygen atoms in total. The number of para-hydroxylation sites is 1. The number of benzene rings is 9. The molecule has 1 aliphatic rings. The monoisotopic (exact) mass is 705 g/mol. The Morgan fingerprint density at radius 2 is 1.15 bits per heavy atom. The second-order valence-corrected chi connectivity index (χ2v) is 14.4. The molecular weight excluding hydrogens is 671 g/mol. The Balaban J connectivity index is 1.10. The highest BCUT2D eigenvalue weighted by Gasteiger charge is 2.27. The molecule has 0 saturated carbocycles. The first-order chi connectivity index (χ1) is 27.2. The molecule has 1 aromatic heterocycles. The Labute approximate surface area is 318 Å². The number of rotatable bonds is 5. The summed E-state index contributed by atoms with van der Waals surface area (Å²) in [6, 6.07) is 67.0. The number of nitrogens with zero attached hydrogens (tertiary/aromatic N) is 1. The molecule has 9 aromatic carbocycles. The summed E-state index contributed by atoms with van der Waals surface area (Å²) in [6.45, 7) is 0. The Morgan fingerprint density at radius 3 is 2.02 bits per heavy atom. The number of furan rings is 1. The lowest BCUT2D eigenvalue weighted by atomic mass is 9.88. The molecule has 0 amide bonds. The maximum Gasteiger partial charge on any atom is 0.136 e. The quantitative estimate of drug-likeness (QED) is 0.187. The maximum absolute atomic E-state index is 6.62. The molecule has 0 bridgehead atoms. The van der Waals surface area contributed by atoms with Gasteiger partial charge in [-0.3, -0.25) is 5.32 Å². The van der Waals surface area contributed by atoms with E-state index < -0.39 is 0 Å². The molecule has 2 unspecified atom stereocenters. The van der Waals surface area contributed by atoms with Crippen LogP contribution in [-0.4, -0.2) is 5.84 Å². The van der Waals surface area contributed by atoms with Crippen LogP contribution in [0, 0.1) is 0 Å². The van der Waals surface area contributed by atoms with Crippen LogP contribution in [0.5, 0.6) is 0 Å². The molecule has 1 aliphatic heterocycles. The molecule has 0 saturated heterocycles. The molecule has 0 aliphatic carbocycles. The molecule has 4 heteroatoms. The third kappa shape index (κ3) is 5.38. The topological polar surface area (TPSA) is 49.6 Å². The number of nitrogens with one attached hydrogen (secondary N) is 2. The minimum Gasteiger partial charge on any atom is -0.456 e. The Kier molecular flexibility index (Phi) is 7.35.